The van der Waals surface area contributed by atoms with Crippen LogP contribution in [0.5, 0.6) is 0 Å². The second-order valence-corrected chi connectivity index (χ2v) is 17.5. The smallest absolute Gasteiger partial charge is 0.308 e. The molecule has 0 aromatic rings. The summed E-state index contributed by atoms with van der Waals surface area (Å²) in [5, 5.41) is 0. The molecule has 1 atom stereocenters. The van der Waals surface area contributed by atoms with E-state index in [9.17, 15) is 14.4 Å². The van der Waals surface area contributed by atoms with Gasteiger partial charge < -0.3 is 14.4 Å². The first-order valence-corrected chi connectivity index (χ1v) is 26.1. The van der Waals surface area contributed by atoms with Gasteiger partial charge in [0.05, 0.1) is 24.9 Å². The van der Waals surface area contributed by atoms with Gasteiger partial charge in [-0.2, -0.15) is 0 Å². The van der Waals surface area contributed by atoms with Gasteiger partial charge in [-0.05, 0) is 32.1 Å². The summed E-state index contributed by atoms with van der Waals surface area (Å²) in [5.74, 6) is -0.256. The van der Waals surface area contributed by atoms with E-state index in [1.54, 1.807) is 4.90 Å². The topological polar surface area (TPSA) is 72.9 Å². The van der Waals surface area contributed by atoms with Crippen molar-refractivity contribution in [1.29, 1.82) is 0 Å². The SMILES string of the molecule is CC.CCCCCCCCCC(CCCCCCCCC)C(=O)OCCN(CCOC(=O)C(CCCCCCCCC)CCCCCCCCC)C(=O)C(C)CCCl. The molecule has 0 spiro atoms. The van der Waals surface area contributed by atoms with Crippen molar-refractivity contribution in [3.63, 3.8) is 0 Å². The highest BCUT2D eigenvalue weighted by Crippen LogP contribution is 2.23. The first-order chi connectivity index (χ1) is 28.4. The fourth-order valence-corrected chi connectivity index (χ4v) is 8.16. The van der Waals surface area contributed by atoms with E-state index in [1.165, 1.54) is 154 Å². The van der Waals surface area contributed by atoms with Crippen molar-refractivity contribution in [3.8, 4) is 0 Å². The standard InChI is InChI=1S/C49H94ClNO5.C2H6/c1-6-10-14-18-22-26-30-34-45(35-31-27-23-19-15-11-7-2)48(53)55-42-40-51(47(52)44(5)38-39-50)41-43-56-49(54)46(36-32-28-24-20-16-12-8-3)37-33-29-25-21-17-13-9-4;1-2/h44-46H,6-43H2,1-5H3;1-2H3. The van der Waals surface area contributed by atoms with Gasteiger partial charge in [0.2, 0.25) is 5.91 Å². The van der Waals surface area contributed by atoms with Crippen LogP contribution in [0.3, 0.4) is 0 Å². The molecule has 0 aromatic heterocycles. The molecule has 0 fully saturated rings. The number of unbranched alkanes of at least 4 members (excludes halogenated alkanes) is 24. The van der Waals surface area contributed by atoms with Crippen LogP contribution in [0.25, 0.3) is 0 Å². The lowest BCUT2D eigenvalue weighted by Gasteiger charge is -2.26. The summed E-state index contributed by atoms with van der Waals surface area (Å²) in [6, 6.07) is 0. The summed E-state index contributed by atoms with van der Waals surface area (Å²) in [4.78, 5) is 42.1. The zero-order valence-corrected chi connectivity index (χ0v) is 40.7. The van der Waals surface area contributed by atoms with Crippen LogP contribution in [0.2, 0.25) is 0 Å². The van der Waals surface area contributed by atoms with Gasteiger partial charge in [0.25, 0.3) is 0 Å². The lowest BCUT2D eigenvalue weighted by molar-refractivity contribution is -0.153. The van der Waals surface area contributed by atoms with E-state index in [4.69, 9.17) is 21.1 Å². The zero-order chi connectivity index (χ0) is 43.3. The number of esters is 2. The summed E-state index contributed by atoms with van der Waals surface area (Å²) in [6.07, 6.45) is 38.5. The Morgan fingerprint density at radius 1 is 0.431 bits per heavy atom. The molecular weight excluding hydrogens is 742 g/mol. The van der Waals surface area contributed by atoms with Crippen molar-refractivity contribution >= 4 is 29.4 Å². The number of rotatable bonds is 43. The number of amides is 1. The number of carbonyl (C=O) groups is 3. The summed E-state index contributed by atoms with van der Waals surface area (Å²) in [6.45, 7) is 15.8. The van der Waals surface area contributed by atoms with Gasteiger partial charge in [-0.15, -0.1) is 11.6 Å². The summed E-state index contributed by atoms with van der Waals surface area (Å²) in [7, 11) is 0. The lowest BCUT2D eigenvalue weighted by Crippen LogP contribution is -2.41. The molecule has 0 N–H and O–H groups in total. The molecule has 0 aliphatic heterocycles. The highest BCUT2D eigenvalue weighted by Gasteiger charge is 2.24. The predicted octanol–water partition coefficient (Wildman–Crippen LogP) is 16.0. The third kappa shape index (κ3) is 36.5. The van der Waals surface area contributed by atoms with Crippen molar-refractivity contribution in [2.24, 2.45) is 17.8 Å². The van der Waals surface area contributed by atoms with Gasteiger partial charge >= 0.3 is 11.9 Å². The summed E-state index contributed by atoms with van der Waals surface area (Å²) < 4.78 is 11.8. The zero-order valence-electron chi connectivity index (χ0n) is 40.0. The summed E-state index contributed by atoms with van der Waals surface area (Å²) >= 11 is 6.03. The Morgan fingerprint density at radius 3 is 0.948 bits per heavy atom. The van der Waals surface area contributed by atoms with E-state index in [0.29, 0.717) is 25.4 Å². The molecule has 0 radical (unpaired) electrons. The molecular formula is C51H100ClNO5. The van der Waals surface area contributed by atoms with Crippen LogP contribution < -0.4 is 0 Å². The normalized spacial score (nSPS) is 11.8. The van der Waals surface area contributed by atoms with E-state index < -0.39 is 0 Å². The number of ether oxygens (including phenoxy) is 2. The second kappa shape index (κ2) is 46.8. The number of halogens is 1. The monoisotopic (exact) mass is 842 g/mol. The molecule has 0 aromatic carbocycles. The maximum absolute atomic E-state index is 13.5. The molecule has 346 valence electrons. The second-order valence-electron chi connectivity index (χ2n) is 17.1. The Bertz CT molecular complexity index is 791. The molecule has 0 aliphatic carbocycles. The fraction of sp³-hybridized carbons (Fsp3) is 0.941. The molecule has 1 unspecified atom stereocenters. The van der Waals surface area contributed by atoms with Crippen molar-refractivity contribution in [2.75, 3.05) is 32.2 Å². The third-order valence-electron chi connectivity index (χ3n) is 11.8. The molecule has 0 rings (SSSR count). The minimum atomic E-state index is -0.247. The van der Waals surface area contributed by atoms with Gasteiger partial charge in [0.15, 0.2) is 0 Å². The van der Waals surface area contributed by atoms with E-state index in [0.717, 1.165) is 51.4 Å². The molecule has 0 bridgehead atoms. The highest BCUT2D eigenvalue weighted by atomic mass is 35.5. The largest absolute Gasteiger partial charge is 0.464 e. The maximum Gasteiger partial charge on any atom is 0.308 e. The minimum absolute atomic E-state index is 0.0249. The average Bonchev–Trinajstić information content (AvgIpc) is 3.23. The van der Waals surface area contributed by atoms with E-state index >= 15 is 0 Å². The summed E-state index contributed by atoms with van der Waals surface area (Å²) in [5.41, 5.74) is 0. The van der Waals surface area contributed by atoms with Crippen LogP contribution in [-0.4, -0.2) is 54.9 Å². The average molecular weight is 843 g/mol. The van der Waals surface area contributed by atoms with Crippen LogP contribution in [-0.2, 0) is 23.9 Å². The molecule has 0 aliphatic rings. The number of alkyl halides is 1. The fourth-order valence-electron chi connectivity index (χ4n) is 7.83. The van der Waals surface area contributed by atoms with Gasteiger partial charge in [0, 0.05) is 11.8 Å². The predicted molar refractivity (Wildman–Crippen MR) is 252 cm³/mol. The Labute approximate surface area is 367 Å². The van der Waals surface area contributed by atoms with Crippen molar-refractivity contribution in [2.45, 2.75) is 260 Å². The minimum Gasteiger partial charge on any atom is -0.464 e. The lowest BCUT2D eigenvalue weighted by atomic mass is 9.94. The van der Waals surface area contributed by atoms with Crippen LogP contribution in [0.15, 0.2) is 0 Å². The Balaban J connectivity index is 0. The van der Waals surface area contributed by atoms with Crippen molar-refractivity contribution < 1.29 is 23.9 Å². The maximum atomic E-state index is 13.5. The number of hydrogen-bond acceptors (Lipinski definition) is 5. The Hall–Kier alpha value is -1.30. The third-order valence-corrected chi connectivity index (χ3v) is 12.0. The first-order valence-electron chi connectivity index (χ1n) is 25.5. The molecule has 0 heterocycles. The Morgan fingerprint density at radius 2 is 0.690 bits per heavy atom. The highest BCUT2D eigenvalue weighted by molar-refractivity contribution is 6.18. The van der Waals surface area contributed by atoms with Gasteiger partial charge in [-0.1, -0.05) is 228 Å². The van der Waals surface area contributed by atoms with Gasteiger partial charge in [0.1, 0.15) is 13.2 Å². The van der Waals surface area contributed by atoms with Crippen molar-refractivity contribution in [1.82, 2.24) is 4.90 Å². The van der Waals surface area contributed by atoms with Gasteiger partial charge in [-0.25, -0.2) is 0 Å². The molecule has 6 nitrogen and oxygen atoms in total. The van der Waals surface area contributed by atoms with Crippen LogP contribution in [0.4, 0.5) is 0 Å². The van der Waals surface area contributed by atoms with E-state index in [2.05, 4.69) is 27.7 Å². The molecule has 7 heteroatoms. The van der Waals surface area contributed by atoms with Crippen molar-refractivity contribution in [3.05, 3.63) is 0 Å². The first kappa shape index (κ1) is 58.8. The van der Waals surface area contributed by atoms with Gasteiger partial charge in [-0.3, -0.25) is 14.4 Å². The molecule has 0 saturated heterocycles. The Kier molecular flexibility index (Phi) is 47.4. The van der Waals surface area contributed by atoms with Crippen LogP contribution in [0, 0.1) is 17.8 Å². The number of carbonyl (C=O) groups excluding carboxylic acids is 3. The number of hydrogen-bond donors (Lipinski definition) is 0. The van der Waals surface area contributed by atoms with Crippen LogP contribution >= 0.6 is 11.6 Å². The van der Waals surface area contributed by atoms with Crippen LogP contribution in [0.1, 0.15) is 260 Å². The number of nitrogens with zero attached hydrogens (tertiary/aromatic N) is 1. The molecule has 0 saturated carbocycles. The quantitative estimate of drug-likeness (QED) is 0.0347. The van der Waals surface area contributed by atoms with E-state index in [-0.39, 0.29) is 48.8 Å². The molecule has 58 heavy (non-hydrogen) atoms. The molecule has 1 amide bonds. The van der Waals surface area contributed by atoms with E-state index in [1.807, 2.05) is 20.8 Å².